The normalized spacial score (nSPS) is 13.1. The Labute approximate surface area is 202 Å². The van der Waals surface area contributed by atoms with Crippen molar-refractivity contribution in [2.45, 2.75) is 96.7 Å². The van der Waals surface area contributed by atoms with E-state index in [4.69, 9.17) is 18.3 Å². The molecular formula is C28H40O6. The zero-order chi connectivity index (χ0) is 24.4. The van der Waals surface area contributed by atoms with Gasteiger partial charge in [-0.25, -0.2) is 4.79 Å². The Kier molecular flexibility index (Phi) is 10.0. The van der Waals surface area contributed by atoms with Gasteiger partial charge >= 0.3 is 5.63 Å². The molecule has 0 amide bonds. The lowest BCUT2D eigenvalue weighted by molar-refractivity contribution is -0.112. The second-order valence-electron chi connectivity index (χ2n) is 9.67. The van der Waals surface area contributed by atoms with E-state index < -0.39 is 17.3 Å². The van der Waals surface area contributed by atoms with Crippen molar-refractivity contribution in [1.82, 2.24) is 0 Å². The summed E-state index contributed by atoms with van der Waals surface area (Å²) in [7, 11) is 0. The van der Waals surface area contributed by atoms with E-state index in [2.05, 4.69) is 6.92 Å². The molecule has 0 aliphatic carbocycles. The van der Waals surface area contributed by atoms with Gasteiger partial charge in [-0.1, -0.05) is 64.7 Å². The van der Waals surface area contributed by atoms with E-state index in [-0.39, 0.29) is 6.61 Å². The van der Waals surface area contributed by atoms with Gasteiger partial charge in [-0.2, -0.15) is 0 Å². The largest absolute Gasteiger partial charge is 0.489 e. The molecule has 0 aliphatic heterocycles. The smallest absolute Gasteiger partial charge is 0.336 e. The van der Waals surface area contributed by atoms with E-state index in [1.165, 1.54) is 57.4 Å². The minimum Gasteiger partial charge on any atom is -0.489 e. The van der Waals surface area contributed by atoms with Crippen LogP contribution in [0.4, 0.5) is 0 Å². The van der Waals surface area contributed by atoms with E-state index in [0.29, 0.717) is 28.9 Å². The summed E-state index contributed by atoms with van der Waals surface area (Å²) in [6.07, 6.45) is 13.5. The minimum absolute atomic E-state index is 0.0452. The van der Waals surface area contributed by atoms with Crippen LogP contribution >= 0.6 is 0 Å². The van der Waals surface area contributed by atoms with E-state index in [0.717, 1.165) is 18.2 Å². The quantitative estimate of drug-likeness (QED) is 0.179. The summed E-state index contributed by atoms with van der Waals surface area (Å²) < 4.78 is 22.8. The summed E-state index contributed by atoms with van der Waals surface area (Å²) in [5.41, 5.74) is -0.240. The molecule has 188 valence electrons. The lowest BCUT2D eigenvalue weighted by atomic mass is 10.0. The van der Waals surface area contributed by atoms with Crippen LogP contribution in [0.2, 0.25) is 0 Å². The van der Waals surface area contributed by atoms with Gasteiger partial charge in [0.1, 0.15) is 29.6 Å². The molecule has 0 spiro atoms. The molecule has 6 heteroatoms. The lowest BCUT2D eigenvalue weighted by Crippen LogP contribution is -2.43. The fourth-order valence-electron chi connectivity index (χ4n) is 4.15. The molecular weight excluding hydrogens is 432 g/mol. The first kappa shape index (κ1) is 26.3. The van der Waals surface area contributed by atoms with E-state index in [9.17, 15) is 9.90 Å². The highest BCUT2D eigenvalue weighted by Crippen LogP contribution is 2.35. The molecule has 1 aromatic carbocycles. The number of aliphatic hydroxyl groups is 1. The zero-order valence-electron chi connectivity index (χ0n) is 20.9. The van der Waals surface area contributed by atoms with Gasteiger partial charge in [0.15, 0.2) is 0 Å². The van der Waals surface area contributed by atoms with Crippen LogP contribution in [0, 0.1) is 0 Å². The number of ether oxygens (including phenoxy) is 2. The predicted molar refractivity (Wildman–Crippen MR) is 136 cm³/mol. The van der Waals surface area contributed by atoms with Gasteiger partial charge in [-0.05, 0) is 32.4 Å². The summed E-state index contributed by atoms with van der Waals surface area (Å²) in [4.78, 5) is 11.6. The molecule has 6 nitrogen and oxygen atoms in total. The summed E-state index contributed by atoms with van der Waals surface area (Å²) >= 11 is 0. The lowest BCUT2D eigenvalue weighted by Gasteiger charge is -2.31. The molecule has 2 aromatic heterocycles. The molecule has 0 fully saturated rings. The third-order valence-electron chi connectivity index (χ3n) is 6.47. The third kappa shape index (κ3) is 7.34. The number of rotatable bonds is 16. The van der Waals surface area contributed by atoms with Crippen molar-refractivity contribution in [2.75, 3.05) is 13.2 Å². The fraction of sp³-hybridized carbons (Fsp3) is 0.607. The maximum atomic E-state index is 11.6. The number of benzene rings is 1. The first-order chi connectivity index (χ1) is 16.4. The monoisotopic (exact) mass is 472 g/mol. The molecule has 0 radical (unpaired) electrons. The fourth-order valence-corrected chi connectivity index (χ4v) is 4.15. The van der Waals surface area contributed by atoms with Gasteiger partial charge in [0, 0.05) is 18.7 Å². The average molecular weight is 473 g/mol. The maximum absolute atomic E-state index is 11.6. The highest BCUT2D eigenvalue weighted by atomic mass is 16.5. The molecule has 0 aliphatic rings. The Morgan fingerprint density at radius 3 is 2.26 bits per heavy atom. The van der Waals surface area contributed by atoms with Crippen molar-refractivity contribution in [1.29, 1.82) is 0 Å². The molecule has 1 N–H and O–H groups in total. The topological polar surface area (TPSA) is 82.0 Å². The Balaban J connectivity index is 1.43. The van der Waals surface area contributed by atoms with Crippen molar-refractivity contribution in [3.05, 3.63) is 40.9 Å². The summed E-state index contributed by atoms with van der Waals surface area (Å²) in [5.74, 6) is 0.523. The summed E-state index contributed by atoms with van der Waals surface area (Å²) in [6.45, 7) is 6.68. The first-order valence-electron chi connectivity index (χ1n) is 12.8. The van der Waals surface area contributed by atoms with Crippen molar-refractivity contribution < 1.29 is 23.4 Å². The molecule has 2 heterocycles. The van der Waals surface area contributed by atoms with Crippen molar-refractivity contribution in [2.24, 2.45) is 0 Å². The Morgan fingerprint density at radius 2 is 1.56 bits per heavy atom. The molecule has 0 unspecified atom stereocenters. The Morgan fingerprint density at radius 1 is 0.912 bits per heavy atom. The third-order valence-corrected chi connectivity index (χ3v) is 6.47. The number of fused-ring (bicyclic) bond motifs is 2. The van der Waals surface area contributed by atoms with Gasteiger partial charge in [0.25, 0.3) is 0 Å². The summed E-state index contributed by atoms with van der Waals surface area (Å²) in [6, 6.07) is 6.50. The van der Waals surface area contributed by atoms with Crippen LogP contribution in [-0.2, 0) is 4.74 Å². The Bertz CT molecular complexity index is 1060. The second-order valence-corrected chi connectivity index (χ2v) is 9.67. The maximum Gasteiger partial charge on any atom is 0.336 e. The van der Waals surface area contributed by atoms with Crippen molar-refractivity contribution >= 4 is 21.9 Å². The van der Waals surface area contributed by atoms with Crippen LogP contribution in [0.3, 0.4) is 0 Å². The van der Waals surface area contributed by atoms with Crippen LogP contribution in [0.15, 0.2) is 44.2 Å². The summed E-state index contributed by atoms with van der Waals surface area (Å²) in [5, 5.41) is 12.2. The van der Waals surface area contributed by atoms with Gasteiger partial charge in [0.2, 0.25) is 0 Å². The van der Waals surface area contributed by atoms with Crippen molar-refractivity contribution in [3.63, 3.8) is 0 Å². The minimum atomic E-state index is -0.830. The highest BCUT2D eigenvalue weighted by Gasteiger charge is 2.29. The van der Waals surface area contributed by atoms with Gasteiger partial charge in [-0.15, -0.1) is 0 Å². The molecule has 0 saturated heterocycles. The van der Waals surface area contributed by atoms with Crippen molar-refractivity contribution in [3.8, 4) is 5.75 Å². The first-order valence-corrected chi connectivity index (χ1v) is 12.8. The van der Waals surface area contributed by atoms with E-state index >= 15 is 0 Å². The predicted octanol–water partition coefficient (Wildman–Crippen LogP) is 7.00. The van der Waals surface area contributed by atoms with Gasteiger partial charge < -0.3 is 23.4 Å². The highest BCUT2D eigenvalue weighted by molar-refractivity contribution is 6.01. The number of furan rings is 1. The average Bonchev–Trinajstić information content (AvgIpc) is 3.28. The number of aliphatic hydroxyl groups excluding tert-OH is 1. The van der Waals surface area contributed by atoms with Crippen LogP contribution < -0.4 is 10.4 Å². The van der Waals surface area contributed by atoms with Crippen LogP contribution in [0.5, 0.6) is 5.75 Å². The SMILES string of the molecule is CCCCCCCCCCCCOC(C)(C)[C@@H](O)COc1c2ccoc2cc2oc(=O)ccc12. The zero-order valence-corrected chi connectivity index (χ0v) is 20.9. The number of hydrogen-bond donors (Lipinski definition) is 1. The molecule has 3 aromatic rings. The standard InChI is InChI=1S/C28H40O6/c1-4-5-6-7-8-9-10-11-12-13-17-33-28(2,3)25(29)20-32-27-21-14-15-26(30)34-24(21)19-23-22(27)16-18-31-23/h14-16,18-19,25,29H,4-13,17,20H2,1-3H3/t25-/m0/s1. The van der Waals surface area contributed by atoms with Crippen LogP contribution in [-0.4, -0.2) is 30.0 Å². The van der Waals surface area contributed by atoms with E-state index in [1.54, 1.807) is 24.5 Å². The van der Waals surface area contributed by atoms with E-state index in [1.807, 2.05) is 13.8 Å². The van der Waals surface area contributed by atoms with Crippen LogP contribution in [0.1, 0.15) is 85.0 Å². The second kappa shape index (κ2) is 13.0. The molecule has 34 heavy (non-hydrogen) atoms. The molecule has 3 rings (SSSR count). The Hall–Kier alpha value is -2.31. The number of hydrogen-bond acceptors (Lipinski definition) is 6. The van der Waals surface area contributed by atoms with Gasteiger partial charge in [0.05, 0.1) is 22.6 Å². The van der Waals surface area contributed by atoms with Crippen LogP contribution in [0.25, 0.3) is 21.9 Å². The molecule has 0 saturated carbocycles. The molecule has 1 atom stereocenters. The van der Waals surface area contributed by atoms with Gasteiger partial charge in [-0.3, -0.25) is 0 Å². The number of unbranched alkanes of at least 4 members (excludes halogenated alkanes) is 9. The molecule has 0 bridgehead atoms.